The van der Waals surface area contributed by atoms with Crippen molar-refractivity contribution in [2.75, 3.05) is 18.0 Å². The fourth-order valence-electron chi connectivity index (χ4n) is 3.36. The first kappa shape index (κ1) is 19.8. The van der Waals surface area contributed by atoms with E-state index < -0.39 is 0 Å². The highest BCUT2D eigenvalue weighted by Gasteiger charge is 2.21. The van der Waals surface area contributed by atoms with Crippen LogP contribution in [0.3, 0.4) is 0 Å². The summed E-state index contributed by atoms with van der Waals surface area (Å²) in [6, 6.07) is 15.1. The summed E-state index contributed by atoms with van der Waals surface area (Å²) < 4.78 is 2.02. The van der Waals surface area contributed by atoms with Crippen molar-refractivity contribution in [3.63, 3.8) is 0 Å². The molecule has 146 valence electrons. The van der Waals surface area contributed by atoms with Gasteiger partial charge < -0.3 is 10.6 Å². The minimum Gasteiger partial charge on any atom is -0.355 e. The molecule has 28 heavy (non-hydrogen) atoms. The Morgan fingerprint density at radius 3 is 2.29 bits per heavy atom. The highest BCUT2D eigenvalue weighted by Crippen LogP contribution is 2.28. The summed E-state index contributed by atoms with van der Waals surface area (Å²) in [6.07, 6.45) is 3.95. The average molecular weight is 376 g/mol. The van der Waals surface area contributed by atoms with Crippen molar-refractivity contribution in [2.45, 2.75) is 32.7 Å². The van der Waals surface area contributed by atoms with Crippen molar-refractivity contribution < 1.29 is 0 Å². The number of anilines is 1. The first-order valence-electron chi connectivity index (χ1n) is 9.71. The lowest BCUT2D eigenvalue weighted by atomic mass is 10.1. The number of hydrogen-bond acceptors (Lipinski definition) is 4. The van der Waals surface area contributed by atoms with E-state index in [4.69, 9.17) is 10.8 Å². The van der Waals surface area contributed by atoms with Gasteiger partial charge in [0, 0.05) is 42.7 Å². The quantitative estimate of drug-likeness (QED) is 0.694. The molecule has 1 aliphatic rings. The predicted octanol–water partition coefficient (Wildman–Crippen LogP) is 4.28. The lowest BCUT2D eigenvalue weighted by Crippen LogP contribution is -2.39. The number of benzene rings is 1. The highest BCUT2D eigenvalue weighted by molar-refractivity contribution is 5.66. The van der Waals surface area contributed by atoms with Crippen LogP contribution in [0, 0.1) is 13.8 Å². The van der Waals surface area contributed by atoms with E-state index in [-0.39, 0.29) is 0 Å². The lowest BCUT2D eigenvalue weighted by Gasteiger charge is -2.30. The first-order valence-corrected chi connectivity index (χ1v) is 9.71. The summed E-state index contributed by atoms with van der Waals surface area (Å²) in [5.41, 5.74) is 11.5. The van der Waals surface area contributed by atoms with Gasteiger partial charge in [0.2, 0.25) is 0 Å². The molecule has 0 spiro atoms. The van der Waals surface area contributed by atoms with Crippen molar-refractivity contribution in [3.8, 4) is 16.9 Å². The second-order valence-electron chi connectivity index (χ2n) is 7.15. The summed E-state index contributed by atoms with van der Waals surface area (Å²) >= 11 is 0. The fourth-order valence-corrected chi connectivity index (χ4v) is 3.36. The predicted molar refractivity (Wildman–Crippen MR) is 117 cm³/mol. The monoisotopic (exact) mass is 375 g/mol. The van der Waals surface area contributed by atoms with Crippen LogP contribution in [-0.2, 0) is 0 Å². The third-order valence-corrected chi connectivity index (χ3v) is 5.05. The number of nitrogens with zero attached hydrogens (tertiary/aromatic N) is 4. The van der Waals surface area contributed by atoms with Crippen LogP contribution in [-0.4, -0.2) is 33.9 Å². The molecule has 5 heteroatoms. The Morgan fingerprint density at radius 2 is 1.68 bits per heavy atom. The molecule has 0 amide bonds. The Morgan fingerprint density at radius 1 is 1.00 bits per heavy atom. The molecule has 5 nitrogen and oxygen atoms in total. The van der Waals surface area contributed by atoms with Gasteiger partial charge in [-0.1, -0.05) is 17.7 Å². The van der Waals surface area contributed by atoms with Gasteiger partial charge in [0.15, 0.2) is 5.82 Å². The zero-order valence-electron chi connectivity index (χ0n) is 16.8. The zero-order chi connectivity index (χ0) is 20.1. The molecular formula is C23H29N5. The number of nitrogens with two attached hydrogens (primary N) is 1. The van der Waals surface area contributed by atoms with E-state index in [1.54, 1.807) is 0 Å². The Labute approximate surface area is 167 Å². The van der Waals surface area contributed by atoms with E-state index >= 15 is 0 Å². The molecule has 1 saturated heterocycles. The van der Waals surface area contributed by atoms with Crippen LogP contribution in [0.1, 0.15) is 24.1 Å². The van der Waals surface area contributed by atoms with Gasteiger partial charge in [-0.25, -0.2) is 4.68 Å². The SMILES string of the molecule is C=C.Cc1ccc(-n2nc(N3CCC(N)CC3)cc2-c2ccc(C)nc2)cc1. The lowest BCUT2D eigenvalue weighted by molar-refractivity contribution is 0.498. The van der Waals surface area contributed by atoms with Crippen LogP contribution in [0.25, 0.3) is 16.9 Å². The number of aryl methyl sites for hydroxylation is 2. The van der Waals surface area contributed by atoms with Crippen LogP contribution in [0.5, 0.6) is 0 Å². The van der Waals surface area contributed by atoms with Crippen LogP contribution in [0.2, 0.25) is 0 Å². The van der Waals surface area contributed by atoms with E-state index in [2.05, 4.69) is 66.4 Å². The maximum Gasteiger partial charge on any atom is 0.151 e. The normalized spacial score (nSPS) is 14.5. The topological polar surface area (TPSA) is 60.0 Å². The molecule has 0 saturated carbocycles. The Balaban J connectivity index is 0.00000109. The molecule has 0 atom stereocenters. The molecule has 2 N–H and O–H groups in total. The van der Waals surface area contributed by atoms with Crippen molar-refractivity contribution in [1.29, 1.82) is 0 Å². The Bertz CT molecular complexity index is 825. The van der Waals surface area contributed by atoms with Crippen LogP contribution in [0.4, 0.5) is 5.82 Å². The van der Waals surface area contributed by atoms with Gasteiger partial charge in [-0.15, -0.1) is 18.3 Å². The first-order chi connectivity index (χ1) is 13.6. The van der Waals surface area contributed by atoms with Gasteiger partial charge in [-0.05, 0) is 51.0 Å². The van der Waals surface area contributed by atoms with Gasteiger partial charge in [-0.3, -0.25) is 4.98 Å². The van der Waals surface area contributed by atoms with Crippen LogP contribution >= 0.6 is 0 Å². The summed E-state index contributed by atoms with van der Waals surface area (Å²) in [6.45, 7) is 12.0. The van der Waals surface area contributed by atoms with Crippen molar-refractivity contribution in [2.24, 2.45) is 5.73 Å². The second-order valence-corrected chi connectivity index (χ2v) is 7.15. The number of pyridine rings is 1. The molecule has 4 rings (SSSR count). The Kier molecular flexibility index (Phi) is 6.26. The largest absolute Gasteiger partial charge is 0.355 e. The molecule has 0 aliphatic carbocycles. The maximum absolute atomic E-state index is 6.06. The van der Waals surface area contributed by atoms with Crippen LogP contribution in [0.15, 0.2) is 61.8 Å². The molecule has 3 heterocycles. The maximum atomic E-state index is 6.06. The van der Waals surface area contributed by atoms with Crippen molar-refractivity contribution >= 4 is 5.82 Å². The minimum atomic E-state index is 0.311. The molecular weight excluding hydrogens is 346 g/mol. The zero-order valence-corrected chi connectivity index (χ0v) is 16.8. The number of rotatable bonds is 3. The van der Waals surface area contributed by atoms with Crippen LogP contribution < -0.4 is 10.6 Å². The summed E-state index contributed by atoms with van der Waals surface area (Å²) in [5, 5.41) is 4.93. The molecule has 1 fully saturated rings. The smallest absolute Gasteiger partial charge is 0.151 e. The van der Waals surface area contributed by atoms with Gasteiger partial charge in [0.1, 0.15) is 0 Å². The number of piperidine rings is 1. The van der Waals surface area contributed by atoms with Crippen molar-refractivity contribution in [3.05, 3.63) is 73.1 Å². The molecule has 0 unspecified atom stereocenters. The van der Waals surface area contributed by atoms with E-state index in [9.17, 15) is 0 Å². The van der Waals surface area contributed by atoms with Gasteiger partial charge >= 0.3 is 0 Å². The molecule has 2 aromatic heterocycles. The summed E-state index contributed by atoms with van der Waals surface area (Å²) in [5.74, 6) is 1.01. The average Bonchev–Trinajstić information content (AvgIpc) is 3.16. The number of aromatic nitrogens is 3. The highest BCUT2D eigenvalue weighted by atomic mass is 15.4. The molecule has 3 aromatic rings. The number of hydrogen-bond donors (Lipinski definition) is 1. The van der Waals surface area contributed by atoms with Gasteiger partial charge in [0.25, 0.3) is 0 Å². The third kappa shape index (κ3) is 4.31. The minimum absolute atomic E-state index is 0.311. The fraction of sp³-hybridized carbons (Fsp3) is 0.304. The molecule has 0 radical (unpaired) electrons. The van der Waals surface area contributed by atoms with E-state index in [0.717, 1.165) is 54.4 Å². The van der Waals surface area contributed by atoms with Crippen molar-refractivity contribution in [1.82, 2.24) is 14.8 Å². The van der Waals surface area contributed by atoms with Gasteiger partial charge in [-0.2, -0.15) is 0 Å². The summed E-state index contributed by atoms with van der Waals surface area (Å²) in [7, 11) is 0. The van der Waals surface area contributed by atoms with Gasteiger partial charge in [0.05, 0.1) is 11.4 Å². The standard InChI is InChI=1S/C21H25N5.C2H4/c1-15-3-7-19(8-4-15)26-20(17-6-5-16(2)23-14-17)13-21(24-26)25-11-9-18(22)10-12-25;1-2/h3-8,13-14,18H,9-12,22H2,1-2H3;1-2H2. The van der Waals surface area contributed by atoms with E-state index in [1.807, 2.05) is 23.9 Å². The molecule has 0 bridgehead atoms. The molecule has 1 aliphatic heterocycles. The molecule has 1 aromatic carbocycles. The Hall–Kier alpha value is -2.92. The summed E-state index contributed by atoms with van der Waals surface area (Å²) in [4.78, 5) is 6.80. The van der Waals surface area contributed by atoms with E-state index in [0.29, 0.717) is 6.04 Å². The third-order valence-electron chi connectivity index (χ3n) is 5.05. The van der Waals surface area contributed by atoms with E-state index in [1.165, 1.54) is 5.56 Å². The second kappa shape index (κ2) is 8.85.